The van der Waals surface area contributed by atoms with Gasteiger partial charge in [0, 0.05) is 36.5 Å². The Morgan fingerprint density at radius 3 is 2.60 bits per heavy atom. The van der Waals surface area contributed by atoms with Crippen LogP contribution in [0.15, 0.2) is 66.0 Å². The minimum absolute atomic E-state index is 0.104. The molecule has 2 N–H and O–H groups in total. The Morgan fingerprint density at radius 1 is 1.00 bits per heavy atom. The van der Waals surface area contributed by atoms with Crippen molar-refractivity contribution in [3.8, 4) is 0 Å². The molecule has 0 bridgehead atoms. The minimum Gasteiger partial charge on any atom is -0.355 e. The van der Waals surface area contributed by atoms with Crippen LogP contribution in [0.3, 0.4) is 0 Å². The summed E-state index contributed by atoms with van der Waals surface area (Å²) in [5.41, 5.74) is 5.23. The van der Waals surface area contributed by atoms with E-state index in [4.69, 9.17) is 0 Å². The lowest BCUT2D eigenvalue weighted by Gasteiger charge is -2.13. The van der Waals surface area contributed by atoms with E-state index in [0.717, 1.165) is 22.5 Å². The molecule has 4 aromatic rings. The van der Waals surface area contributed by atoms with Gasteiger partial charge in [0.05, 0.1) is 22.8 Å². The molecule has 7 nitrogen and oxygen atoms in total. The number of nitrogens with zero attached hydrogens (tertiary/aromatic N) is 3. The van der Waals surface area contributed by atoms with Gasteiger partial charge in [-0.05, 0) is 61.4 Å². The van der Waals surface area contributed by atoms with E-state index < -0.39 is 0 Å². The second-order valence-corrected chi connectivity index (χ2v) is 7.25. The van der Waals surface area contributed by atoms with E-state index in [-0.39, 0.29) is 11.5 Å². The van der Waals surface area contributed by atoms with Crippen molar-refractivity contribution < 1.29 is 4.79 Å². The van der Waals surface area contributed by atoms with Crippen molar-refractivity contribution in [2.75, 3.05) is 10.6 Å². The van der Waals surface area contributed by atoms with Crippen LogP contribution in [0.5, 0.6) is 0 Å². The first-order valence-electron chi connectivity index (χ1n) is 9.47. The van der Waals surface area contributed by atoms with Crippen molar-refractivity contribution in [1.82, 2.24) is 14.5 Å². The smallest absolute Gasteiger partial charge is 0.260 e. The molecule has 150 valence electrons. The molecule has 2 heterocycles. The second-order valence-electron chi connectivity index (χ2n) is 7.25. The quantitative estimate of drug-likeness (QED) is 0.543. The van der Waals surface area contributed by atoms with Crippen molar-refractivity contribution in [3.63, 3.8) is 0 Å². The van der Waals surface area contributed by atoms with Gasteiger partial charge in [-0.3, -0.25) is 14.6 Å². The third-order valence-electron chi connectivity index (χ3n) is 4.83. The number of carbonyl (C=O) groups is 1. The summed E-state index contributed by atoms with van der Waals surface area (Å²) < 4.78 is 1.45. The summed E-state index contributed by atoms with van der Waals surface area (Å²) in [6, 6.07) is 12.9. The highest BCUT2D eigenvalue weighted by Crippen LogP contribution is 2.26. The predicted octanol–water partition coefficient (Wildman–Crippen LogP) is 3.94. The van der Waals surface area contributed by atoms with Gasteiger partial charge in [0.15, 0.2) is 0 Å². The topological polar surface area (TPSA) is 88.9 Å². The summed E-state index contributed by atoms with van der Waals surface area (Å²) in [7, 11) is 1.68. The first-order chi connectivity index (χ1) is 14.4. The van der Waals surface area contributed by atoms with Crippen LogP contribution in [0.2, 0.25) is 0 Å². The minimum atomic E-state index is -0.221. The number of benzene rings is 2. The molecule has 0 aliphatic carbocycles. The molecule has 2 aromatic heterocycles. The number of aryl methyl sites for hydroxylation is 3. The molecule has 0 aliphatic rings. The summed E-state index contributed by atoms with van der Waals surface area (Å²) in [6.45, 7) is 3.87. The van der Waals surface area contributed by atoms with Crippen LogP contribution in [0.25, 0.3) is 10.9 Å². The number of hydrogen-bond acceptors (Lipinski definition) is 5. The number of anilines is 3. The molecule has 0 radical (unpaired) electrons. The largest absolute Gasteiger partial charge is 0.355 e. The number of nitrogens with one attached hydrogen (secondary N) is 2. The van der Waals surface area contributed by atoms with Gasteiger partial charge >= 0.3 is 0 Å². The number of carbonyl (C=O) groups excluding carboxylic acids is 1. The maximum atomic E-state index is 12.5. The highest BCUT2D eigenvalue weighted by Gasteiger charge is 2.09. The standard InChI is InChI=1S/C23H21N5O2/c1-14-8-16(12-24-11-14)22(29)27-18-5-4-15(2)21(10-18)26-17-6-7-20-19(9-17)23(30)28(3)13-25-20/h4-13,26H,1-3H3,(H,27,29). The van der Waals surface area contributed by atoms with Gasteiger partial charge in [0.1, 0.15) is 0 Å². The van der Waals surface area contributed by atoms with Gasteiger partial charge in [-0.2, -0.15) is 0 Å². The lowest BCUT2D eigenvalue weighted by Crippen LogP contribution is -2.16. The van der Waals surface area contributed by atoms with Gasteiger partial charge in [-0.1, -0.05) is 6.07 Å². The average molecular weight is 399 g/mol. The van der Waals surface area contributed by atoms with Crippen molar-refractivity contribution in [1.29, 1.82) is 0 Å². The Balaban J connectivity index is 1.61. The van der Waals surface area contributed by atoms with Gasteiger partial charge in [-0.25, -0.2) is 4.98 Å². The molecule has 2 aromatic carbocycles. The zero-order valence-electron chi connectivity index (χ0n) is 16.9. The van der Waals surface area contributed by atoms with Gasteiger partial charge in [0.25, 0.3) is 11.5 Å². The summed E-state index contributed by atoms with van der Waals surface area (Å²) in [4.78, 5) is 33.2. The molecule has 0 saturated carbocycles. The number of fused-ring (bicyclic) bond motifs is 1. The molecule has 4 rings (SSSR count). The van der Waals surface area contributed by atoms with Crippen LogP contribution in [0.1, 0.15) is 21.5 Å². The van der Waals surface area contributed by atoms with Gasteiger partial charge < -0.3 is 15.2 Å². The molecule has 0 aliphatic heterocycles. The van der Waals surface area contributed by atoms with Crippen molar-refractivity contribution in [3.05, 3.63) is 88.2 Å². The number of rotatable bonds is 4. The molecule has 30 heavy (non-hydrogen) atoms. The van der Waals surface area contributed by atoms with Gasteiger partial charge in [-0.15, -0.1) is 0 Å². The first-order valence-corrected chi connectivity index (χ1v) is 9.47. The highest BCUT2D eigenvalue weighted by atomic mass is 16.1. The molecular formula is C23H21N5O2. The van der Waals surface area contributed by atoms with Crippen molar-refractivity contribution in [2.45, 2.75) is 13.8 Å². The average Bonchev–Trinajstić information content (AvgIpc) is 2.73. The molecule has 0 unspecified atom stereocenters. The van der Waals surface area contributed by atoms with Crippen molar-refractivity contribution >= 4 is 33.9 Å². The monoisotopic (exact) mass is 399 g/mol. The molecule has 0 fully saturated rings. The fourth-order valence-corrected chi connectivity index (χ4v) is 3.16. The summed E-state index contributed by atoms with van der Waals surface area (Å²) in [5.74, 6) is -0.221. The zero-order chi connectivity index (χ0) is 21.3. The Bertz CT molecular complexity index is 1330. The maximum absolute atomic E-state index is 12.5. The number of pyridine rings is 1. The summed E-state index contributed by atoms with van der Waals surface area (Å²) in [5, 5.41) is 6.78. The van der Waals surface area contributed by atoms with Crippen LogP contribution >= 0.6 is 0 Å². The Hall–Kier alpha value is -4.00. The Morgan fingerprint density at radius 2 is 1.80 bits per heavy atom. The summed E-state index contributed by atoms with van der Waals surface area (Å²) >= 11 is 0. The normalized spacial score (nSPS) is 10.8. The number of aromatic nitrogens is 3. The fourth-order valence-electron chi connectivity index (χ4n) is 3.16. The van der Waals surface area contributed by atoms with Crippen LogP contribution in [-0.4, -0.2) is 20.4 Å². The van der Waals surface area contributed by atoms with E-state index in [9.17, 15) is 9.59 Å². The number of hydrogen-bond donors (Lipinski definition) is 2. The van der Waals surface area contributed by atoms with E-state index in [0.29, 0.717) is 22.2 Å². The Labute approximate surface area is 173 Å². The van der Waals surface area contributed by atoms with Gasteiger partial charge in [0.2, 0.25) is 0 Å². The fraction of sp³-hybridized carbons (Fsp3) is 0.130. The van der Waals surface area contributed by atoms with E-state index in [1.54, 1.807) is 31.6 Å². The van der Waals surface area contributed by atoms with Crippen LogP contribution < -0.4 is 16.2 Å². The molecular weight excluding hydrogens is 378 g/mol. The van der Waals surface area contributed by atoms with E-state index in [1.165, 1.54) is 10.9 Å². The summed E-state index contributed by atoms with van der Waals surface area (Å²) in [6.07, 6.45) is 4.76. The second kappa shape index (κ2) is 7.79. The predicted molar refractivity (Wildman–Crippen MR) is 118 cm³/mol. The van der Waals surface area contributed by atoms with Crippen LogP contribution in [0.4, 0.5) is 17.1 Å². The first kappa shape index (κ1) is 19.3. The zero-order valence-corrected chi connectivity index (χ0v) is 16.9. The molecule has 0 spiro atoms. The molecule has 7 heteroatoms. The molecule has 0 atom stereocenters. The van der Waals surface area contributed by atoms with E-state index >= 15 is 0 Å². The number of amides is 1. The van der Waals surface area contributed by atoms with Crippen molar-refractivity contribution in [2.24, 2.45) is 7.05 Å². The van der Waals surface area contributed by atoms with Crippen LogP contribution in [0, 0.1) is 13.8 Å². The third kappa shape index (κ3) is 3.91. The highest BCUT2D eigenvalue weighted by molar-refractivity contribution is 6.04. The Kier molecular flexibility index (Phi) is 5.02. The third-order valence-corrected chi connectivity index (χ3v) is 4.83. The maximum Gasteiger partial charge on any atom is 0.260 e. The molecule has 0 saturated heterocycles. The lowest BCUT2D eigenvalue weighted by atomic mass is 10.1. The SMILES string of the molecule is Cc1cncc(C(=O)Nc2ccc(C)c(Nc3ccc4ncn(C)c(=O)c4c3)c2)c1. The van der Waals surface area contributed by atoms with E-state index in [1.807, 2.05) is 44.2 Å². The lowest BCUT2D eigenvalue weighted by molar-refractivity contribution is 0.102. The van der Waals surface area contributed by atoms with E-state index in [2.05, 4.69) is 20.6 Å². The van der Waals surface area contributed by atoms with Crippen LogP contribution in [-0.2, 0) is 7.05 Å². The molecule has 1 amide bonds.